The minimum atomic E-state index is -2.67. The highest BCUT2D eigenvalue weighted by atomic mass is 32.2. The van der Waals surface area contributed by atoms with Gasteiger partial charge >= 0.3 is 0 Å². The lowest BCUT2D eigenvalue weighted by Crippen LogP contribution is -2.66. The average Bonchev–Trinajstić information content (AvgIpc) is 3.27. The van der Waals surface area contributed by atoms with Gasteiger partial charge in [0.25, 0.3) is 8.32 Å². The number of halogens is 1. The van der Waals surface area contributed by atoms with Gasteiger partial charge in [0.05, 0.1) is 21.8 Å². The van der Waals surface area contributed by atoms with Crippen LogP contribution in [0.1, 0.15) is 67.7 Å². The molecule has 0 spiro atoms. The van der Waals surface area contributed by atoms with Crippen LogP contribution in [0.3, 0.4) is 0 Å². The highest BCUT2D eigenvalue weighted by Gasteiger charge is 2.50. The molecule has 6 heteroatoms. The number of benzene rings is 2. The van der Waals surface area contributed by atoms with Crippen LogP contribution in [-0.2, 0) is 15.4 Å². The van der Waals surface area contributed by atoms with Gasteiger partial charge in [-0.15, -0.1) is 0 Å². The molecule has 1 aliphatic carbocycles. The molecule has 0 aromatic heterocycles. The van der Waals surface area contributed by atoms with Gasteiger partial charge in [-0.2, -0.15) is 0 Å². The molecule has 1 unspecified atom stereocenters. The van der Waals surface area contributed by atoms with Crippen molar-refractivity contribution in [2.75, 3.05) is 6.61 Å². The summed E-state index contributed by atoms with van der Waals surface area (Å²) in [6.45, 7) is 14.7. The van der Waals surface area contributed by atoms with Crippen LogP contribution in [0.25, 0.3) is 0 Å². The Morgan fingerprint density at radius 2 is 1.54 bits per heavy atom. The molecular weight excluding hydrogens is 473 g/mol. The van der Waals surface area contributed by atoms with E-state index in [2.05, 4.69) is 74.0 Å². The summed E-state index contributed by atoms with van der Waals surface area (Å²) in [6, 6.07) is 20.6. The first-order valence-electron chi connectivity index (χ1n) is 12.7. The molecule has 192 valence electrons. The van der Waals surface area contributed by atoms with E-state index in [9.17, 15) is 4.21 Å². The van der Waals surface area contributed by atoms with Gasteiger partial charge in [-0.25, -0.2) is 13.3 Å². The Morgan fingerprint density at radius 3 is 2.00 bits per heavy atom. The second-order valence-electron chi connectivity index (χ2n) is 11.7. The van der Waals surface area contributed by atoms with Crippen molar-refractivity contribution in [2.24, 2.45) is 5.92 Å². The summed E-state index contributed by atoms with van der Waals surface area (Å²) in [5.41, 5.74) is 0.828. The summed E-state index contributed by atoms with van der Waals surface area (Å²) in [7, 11) is -4.00. The van der Waals surface area contributed by atoms with Crippen LogP contribution in [0.2, 0.25) is 5.04 Å². The van der Waals surface area contributed by atoms with Crippen molar-refractivity contribution in [3.63, 3.8) is 0 Å². The van der Waals surface area contributed by atoms with Crippen LogP contribution in [0.15, 0.2) is 72.1 Å². The van der Waals surface area contributed by atoms with Crippen LogP contribution in [0.4, 0.5) is 4.39 Å². The van der Waals surface area contributed by atoms with E-state index in [0.717, 1.165) is 24.8 Å². The number of hydrogen-bond acceptors (Lipinski definition) is 2. The monoisotopic (exact) mass is 515 g/mol. The number of nitrogens with one attached hydrogen (secondary N) is 1. The molecule has 0 aliphatic heterocycles. The lowest BCUT2D eigenvalue weighted by Gasteiger charge is -2.43. The van der Waals surface area contributed by atoms with Gasteiger partial charge in [-0.1, -0.05) is 81.4 Å². The van der Waals surface area contributed by atoms with Gasteiger partial charge in [0, 0.05) is 12.5 Å². The fraction of sp³-hybridized carbons (Fsp3) is 0.517. The second kappa shape index (κ2) is 11.2. The van der Waals surface area contributed by atoms with E-state index in [1.165, 1.54) is 10.4 Å². The van der Waals surface area contributed by atoms with Crippen molar-refractivity contribution in [2.45, 2.75) is 83.6 Å². The first-order chi connectivity index (χ1) is 16.4. The number of rotatable bonds is 8. The molecule has 0 radical (unpaired) electrons. The maximum absolute atomic E-state index is 15.6. The van der Waals surface area contributed by atoms with Crippen molar-refractivity contribution in [1.82, 2.24) is 4.72 Å². The van der Waals surface area contributed by atoms with Gasteiger partial charge in [0.1, 0.15) is 5.83 Å². The Morgan fingerprint density at radius 1 is 1.03 bits per heavy atom. The van der Waals surface area contributed by atoms with E-state index in [1.54, 1.807) is 6.92 Å². The van der Waals surface area contributed by atoms with E-state index in [-0.39, 0.29) is 16.8 Å². The van der Waals surface area contributed by atoms with Gasteiger partial charge in [-0.05, 0) is 67.9 Å². The molecular formula is C29H42FNO2SSi. The Hall–Kier alpha value is -1.60. The zero-order valence-corrected chi connectivity index (χ0v) is 24.2. The third kappa shape index (κ3) is 6.22. The normalized spacial score (nSPS) is 20.5. The lowest BCUT2D eigenvalue weighted by molar-refractivity contribution is 0.253. The van der Waals surface area contributed by atoms with Crippen LogP contribution in [-0.4, -0.2) is 29.9 Å². The zero-order chi connectivity index (χ0) is 25.9. The molecule has 0 amide bonds. The summed E-state index contributed by atoms with van der Waals surface area (Å²) in [5, 5.41) is 2.35. The topological polar surface area (TPSA) is 38.3 Å². The molecule has 0 bridgehead atoms. The quantitative estimate of drug-likeness (QED) is 0.436. The molecule has 3 nitrogen and oxygen atoms in total. The molecule has 3 rings (SSSR count). The third-order valence-corrected chi connectivity index (χ3v) is 13.6. The maximum Gasteiger partial charge on any atom is 0.261 e. The molecule has 0 heterocycles. The van der Waals surface area contributed by atoms with Gasteiger partial charge in [0.2, 0.25) is 0 Å². The molecule has 1 saturated carbocycles. The molecule has 1 aliphatic rings. The third-order valence-electron chi connectivity index (χ3n) is 6.94. The Bertz CT molecular complexity index is 989. The van der Waals surface area contributed by atoms with Gasteiger partial charge in [0.15, 0.2) is 0 Å². The standard InChI is InChI=1S/C29H42FNO2SSi/c1-22(31-34(32)28(2,3)4)27(30)26-20-14-15-23(26)21-33-35(29(5,6)7,24-16-10-8-11-17-24)25-18-12-9-13-19-25/h8-13,16-19,22-23,31H,14-15,20-21H2,1-7H3/b27-26-/t22-,23-,34?/m0/s1. The summed E-state index contributed by atoms with van der Waals surface area (Å²) >= 11 is 0. The molecule has 35 heavy (non-hydrogen) atoms. The summed E-state index contributed by atoms with van der Waals surface area (Å²) in [5.74, 6) is -0.139. The largest absolute Gasteiger partial charge is 0.407 e. The predicted molar refractivity (Wildman–Crippen MR) is 150 cm³/mol. The molecule has 1 N–H and O–H groups in total. The molecule has 2 aromatic rings. The maximum atomic E-state index is 15.6. The van der Waals surface area contributed by atoms with Crippen LogP contribution >= 0.6 is 0 Å². The van der Waals surface area contributed by atoms with Crippen LogP contribution in [0, 0.1) is 5.92 Å². The fourth-order valence-electron chi connectivity index (χ4n) is 5.07. The van der Waals surface area contributed by atoms with Crippen LogP contribution in [0.5, 0.6) is 0 Å². The van der Waals surface area contributed by atoms with Crippen molar-refractivity contribution in [1.29, 1.82) is 0 Å². The number of hydrogen-bond donors (Lipinski definition) is 1. The van der Waals surface area contributed by atoms with E-state index >= 15 is 4.39 Å². The van der Waals surface area contributed by atoms with E-state index < -0.39 is 30.1 Å². The predicted octanol–water partition coefficient (Wildman–Crippen LogP) is 6.03. The first kappa shape index (κ1) is 28.0. The molecule has 0 saturated heterocycles. The lowest BCUT2D eigenvalue weighted by atomic mass is 10.0. The Kier molecular flexibility index (Phi) is 8.95. The molecule has 3 atom stereocenters. The molecule has 2 aromatic carbocycles. The zero-order valence-electron chi connectivity index (χ0n) is 22.4. The SMILES string of the molecule is C[C@H](NS(=O)C(C)(C)C)/C(F)=C1\CCC[C@H]1CO[Si](c1ccccc1)(c1ccccc1)C(C)(C)C. The minimum Gasteiger partial charge on any atom is -0.407 e. The van der Waals surface area contributed by atoms with E-state index in [1.807, 2.05) is 32.9 Å². The summed E-state index contributed by atoms with van der Waals surface area (Å²) in [6.07, 6.45) is 2.59. The highest BCUT2D eigenvalue weighted by molar-refractivity contribution is 7.84. The highest BCUT2D eigenvalue weighted by Crippen LogP contribution is 2.40. The molecule has 1 fully saturated rings. The smallest absolute Gasteiger partial charge is 0.261 e. The summed E-state index contributed by atoms with van der Waals surface area (Å²) < 4.78 is 37.8. The van der Waals surface area contributed by atoms with Gasteiger partial charge in [-0.3, -0.25) is 0 Å². The summed E-state index contributed by atoms with van der Waals surface area (Å²) in [4.78, 5) is 0. The van der Waals surface area contributed by atoms with Crippen molar-refractivity contribution in [3.05, 3.63) is 72.1 Å². The Balaban J connectivity index is 1.94. The van der Waals surface area contributed by atoms with Gasteiger partial charge < -0.3 is 4.43 Å². The Labute approximate surface area is 215 Å². The van der Waals surface area contributed by atoms with Crippen molar-refractivity contribution in [3.8, 4) is 0 Å². The first-order valence-corrected chi connectivity index (χ1v) is 15.7. The second-order valence-corrected chi connectivity index (χ2v) is 18.0. The fourth-order valence-corrected chi connectivity index (χ4v) is 10.5. The van der Waals surface area contributed by atoms with Crippen molar-refractivity contribution >= 4 is 29.7 Å². The average molecular weight is 516 g/mol. The van der Waals surface area contributed by atoms with E-state index in [4.69, 9.17) is 4.43 Å². The minimum absolute atomic E-state index is 0.0315. The van der Waals surface area contributed by atoms with Crippen molar-refractivity contribution < 1.29 is 13.0 Å². The van der Waals surface area contributed by atoms with Crippen LogP contribution < -0.4 is 15.1 Å². The van der Waals surface area contributed by atoms with E-state index in [0.29, 0.717) is 6.61 Å².